The predicted molar refractivity (Wildman–Crippen MR) is 68.3 cm³/mol. The largest absolute Gasteiger partial charge is 0.352 e. The first-order valence-electron chi connectivity index (χ1n) is 5.75. The summed E-state index contributed by atoms with van der Waals surface area (Å²) in [5.41, 5.74) is 0.968. The van der Waals surface area contributed by atoms with Crippen LogP contribution in [0.2, 0.25) is 0 Å². The number of nitrogens with zero attached hydrogens (tertiary/aromatic N) is 2. The van der Waals surface area contributed by atoms with Crippen molar-refractivity contribution in [1.82, 2.24) is 14.2 Å². The van der Waals surface area contributed by atoms with Crippen molar-refractivity contribution in [1.29, 1.82) is 0 Å². The summed E-state index contributed by atoms with van der Waals surface area (Å²) >= 11 is 0. The second-order valence-electron chi connectivity index (χ2n) is 3.98. The lowest BCUT2D eigenvalue weighted by atomic mass is 10.4. The van der Waals surface area contributed by atoms with Gasteiger partial charge in [0.1, 0.15) is 4.90 Å². The Kier molecular flexibility index (Phi) is 4.73. The van der Waals surface area contributed by atoms with E-state index in [1.54, 1.807) is 19.3 Å². The van der Waals surface area contributed by atoms with Crippen LogP contribution in [0.1, 0.15) is 19.5 Å². The molecule has 17 heavy (non-hydrogen) atoms. The number of aromatic nitrogens is 1. The molecule has 0 aromatic carbocycles. The molecule has 0 aliphatic rings. The summed E-state index contributed by atoms with van der Waals surface area (Å²) in [5, 5.41) is 3.18. The van der Waals surface area contributed by atoms with E-state index in [0.29, 0.717) is 18.0 Å². The normalized spacial score (nSPS) is 12.3. The smallest absolute Gasteiger partial charge is 0.244 e. The van der Waals surface area contributed by atoms with Crippen molar-refractivity contribution >= 4 is 10.0 Å². The first-order valence-corrected chi connectivity index (χ1v) is 7.19. The van der Waals surface area contributed by atoms with Crippen molar-refractivity contribution < 1.29 is 8.42 Å². The summed E-state index contributed by atoms with van der Waals surface area (Å²) in [7, 11) is 0.117. The van der Waals surface area contributed by atoms with Gasteiger partial charge in [-0.05, 0) is 12.6 Å². The average molecular weight is 259 g/mol. The summed E-state index contributed by atoms with van der Waals surface area (Å²) in [6.45, 7) is 5.85. The molecule has 0 aliphatic carbocycles. The van der Waals surface area contributed by atoms with E-state index in [2.05, 4.69) is 5.32 Å². The maximum atomic E-state index is 12.1. The minimum atomic E-state index is -3.33. The third kappa shape index (κ3) is 3.08. The first kappa shape index (κ1) is 14.2. The lowest BCUT2D eigenvalue weighted by molar-refractivity contribution is 0.486. The Morgan fingerprint density at radius 2 is 2.06 bits per heavy atom. The van der Waals surface area contributed by atoms with Gasteiger partial charge < -0.3 is 9.88 Å². The molecule has 1 heterocycles. The van der Waals surface area contributed by atoms with E-state index in [9.17, 15) is 8.42 Å². The molecule has 0 amide bonds. The fraction of sp³-hybridized carbons (Fsp3) is 0.636. The van der Waals surface area contributed by atoms with Gasteiger partial charge in [-0.3, -0.25) is 0 Å². The van der Waals surface area contributed by atoms with Crippen molar-refractivity contribution in [2.45, 2.75) is 25.3 Å². The molecule has 1 rings (SSSR count). The van der Waals surface area contributed by atoms with E-state index in [1.807, 2.05) is 25.5 Å². The maximum absolute atomic E-state index is 12.1. The second kappa shape index (κ2) is 5.66. The Morgan fingerprint density at radius 3 is 2.59 bits per heavy atom. The van der Waals surface area contributed by atoms with Gasteiger partial charge in [0.25, 0.3) is 0 Å². The summed E-state index contributed by atoms with van der Waals surface area (Å²) in [4.78, 5) is 0.359. The quantitative estimate of drug-likeness (QED) is 0.821. The van der Waals surface area contributed by atoms with Gasteiger partial charge in [0.05, 0.1) is 0 Å². The van der Waals surface area contributed by atoms with Gasteiger partial charge in [0.2, 0.25) is 10.0 Å². The minimum absolute atomic E-state index is 0.359. The van der Waals surface area contributed by atoms with E-state index in [4.69, 9.17) is 0 Å². The molecule has 0 atom stereocenters. The molecule has 0 saturated heterocycles. The zero-order valence-electron chi connectivity index (χ0n) is 10.9. The average Bonchev–Trinajstić information content (AvgIpc) is 2.67. The van der Waals surface area contributed by atoms with Crippen LogP contribution in [-0.2, 0) is 23.6 Å². The topological polar surface area (TPSA) is 54.3 Å². The molecular formula is C11H21N3O2S. The van der Waals surface area contributed by atoms with Crippen LogP contribution in [0.4, 0.5) is 0 Å². The number of hydrogen-bond donors (Lipinski definition) is 1. The summed E-state index contributed by atoms with van der Waals surface area (Å²) in [6.07, 6.45) is 1.66. The van der Waals surface area contributed by atoms with E-state index in [0.717, 1.165) is 12.2 Å². The lowest BCUT2D eigenvalue weighted by Crippen LogP contribution is -2.26. The predicted octanol–water partition coefficient (Wildman–Crippen LogP) is 0.775. The number of sulfonamides is 1. The number of rotatable bonds is 6. The fourth-order valence-corrected chi connectivity index (χ4v) is 2.77. The molecule has 0 spiro atoms. The lowest BCUT2D eigenvalue weighted by Gasteiger charge is -2.12. The molecule has 0 aliphatic heterocycles. The Morgan fingerprint density at radius 1 is 1.41 bits per heavy atom. The van der Waals surface area contributed by atoms with Crippen LogP contribution in [0, 0.1) is 0 Å². The zero-order chi connectivity index (χ0) is 13.1. The highest BCUT2D eigenvalue weighted by atomic mass is 32.2. The Hall–Kier alpha value is -0.850. The van der Waals surface area contributed by atoms with Gasteiger partial charge in [-0.15, -0.1) is 0 Å². The second-order valence-corrected chi connectivity index (χ2v) is 6.02. The third-order valence-electron chi connectivity index (χ3n) is 2.79. The van der Waals surface area contributed by atoms with Crippen LogP contribution in [0.3, 0.4) is 0 Å². The van der Waals surface area contributed by atoms with Gasteiger partial charge in [-0.1, -0.05) is 13.8 Å². The molecule has 6 heteroatoms. The van der Waals surface area contributed by atoms with Crippen LogP contribution >= 0.6 is 0 Å². The van der Waals surface area contributed by atoms with Crippen LogP contribution in [-0.4, -0.2) is 37.4 Å². The van der Waals surface area contributed by atoms with Gasteiger partial charge >= 0.3 is 0 Å². The molecule has 0 unspecified atom stereocenters. The van der Waals surface area contributed by atoms with Crippen molar-refractivity contribution in [3.63, 3.8) is 0 Å². The molecule has 98 valence electrons. The van der Waals surface area contributed by atoms with Crippen molar-refractivity contribution in [2.24, 2.45) is 7.05 Å². The number of nitrogens with one attached hydrogen (secondary N) is 1. The number of aryl methyl sites for hydroxylation is 1. The molecule has 0 radical (unpaired) electrons. The van der Waals surface area contributed by atoms with E-state index in [-0.39, 0.29) is 0 Å². The highest BCUT2D eigenvalue weighted by molar-refractivity contribution is 7.89. The Labute approximate surface area is 103 Å². The van der Waals surface area contributed by atoms with Gasteiger partial charge in [0, 0.05) is 39.1 Å². The van der Waals surface area contributed by atoms with Gasteiger partial charge in [-0.2, -0.15) is 0 Å². The minimum Gasteiger partial charge on any atom is -0.352 e. The summed E-state index contributed by atoms with van der Waals surface area (Å²) in [6, 6.07) is 1.73. The highest BCUT2D eigenvalue weighted by Crippen LogP contribution is 2.17. The molecule has 0 saturated carbocycles. The molecular weight excluding hydrogens is 238 g/mol. The number of hydrogen-bond acceptors (Lipinski definition) is 3. The van der Waals surface area contributed by atoms with E-state index < -0.39 is 10.0 Å². The van der Waals surface area contributed by atoms with Crippen molar-refractivity contribution in [3.05, 3.63) is 18.0 Å². The van der Waals surface area contributed by atoms with E-state index >= 15 is 0 Å². The molecule has 1 aromatic rings. The molecule has 1 N–H and O–H groups in total. The van der Waals surface area contributed by atoms with Crippen molar-refractivity contribution in [3.8, 4) is 0 Å². The SMILES string of the molecule is CCNCc1cc(S(=O)(=O)N(C)CC)cn1C. The molecule has 0 bridgehead atoms. The van der Waals surface area contributed by atoms with Crippen LogP contribution < -0.4 is 5.32 Å². The standard InChI is InChI=1S/C11H21N3O2S/c1-5-12-8-10-7-11(9-13(10)3)17(15,16)14(4)6-2/h7,9,12H,5-6,8H2,1-4H3. The molecule has 1 aromatic heterocycles. The monoisotopic (exact) mass is 259 g/mol. The first-order chi connectivity index (χ1) is 7.93. The zero-order valence-corrected chi connectivity index (χ0v) is 11.7. The third-order valence-corrected chi connectivity index (χ3v) is 4.69. The summed E-state index contributed by atoms with van der Waals surface area (Å²) in [5.74, 6) is 0. The molecule has 5 nitrogen and oxygen atoms in total. The summed E-state index contributed by atoms with van der Waals surface area (Å²) < 4.78 is 27.4. The van der Waals surface area contributed by atoms with Crippen LogP contribution in [0.25, 0.3) is 0 Å². The van der Waals surface area contributed by atoms with Gasteiger partial charge in [-0.25, -0.2) is 12.7 Å². The van der Waals surface area contributed by atoms with Crippen molar-refractivity contribution in [2.75, 3.05) is 20.1 Å². The maximum Gasteiger partial charge on any atom is 0.244 e. The van der Waals surface area contributed by atoms with Gasteiger partial charge in [0.15, 0.2) is 0 Å². The highest BCUT2D eigenvalue weighted by Gasteiger charge is 2.21. The van der Waals surface area contributed by atoms with E-state index in [1.165, 1.54) is 4.31 Å². The Bertz CT molecular complexity index is 465. The fourth-order valence-electron chi connectivity index (χ4n) is 1.50. The molecule has 0 fully saturated rings. The van der Waals surface area contributed by atoms with Crippen LogP contribution in [0.15, 0.2) is 17.2 Å². The van der Waals surface area contributed by atoms with Crippen LogP contribution in [0.5, 0.6) is 0 Å². The Balaban J connectivity index is 3.01.